The van der Waals surface area contributed by atoms with Crippen molar-refractivity contribution < 1.29 is 24.2 Å². The molecular weight excluding hydrogens is 514 g/mol. The van der Waals surface area contributed by atoms with E-state index in [0.717, 1.165) is 57.8 Å². The molecule has 1 unspecified atom stereocenters. The van der Waals surface area contributed by atoms with E-state index in [1.54, 1.807) is 0 Å². The summed E-state index contributed by atoms with van der Waals surface area (Å²) in [4.78, 5) is 34.7. The van der Waals surface area contributed by atoms with E-state index >= 15 is 0 Å². The highest BCUT2D eigenvalue weighted by molar-refractivity contribution is 5.80. The molecule has 0 saturated carbocycles. The second-order valence-electron chi connectivity index (χ2n) is 11.4. The van der Waals surface area contributed by atoms with Crippen LogP contribution in [0.25, 0.3) is 0 Å². The smallest absolute Gasteiger partial charge is 0.322 e. The third-order valence-corrected chi connectivity index (χ3v) is 7.36. The average molecular weight is 578 g/mol. The quantitative estimate of drug-likeness (QED) is 0.0504. The number of unbranched alkanes of at least 4 members (excludes halogenated alkanes) is 17. The number of ether oxygens (including phenoxy) is 1. The number of hydrogen-bond acceptors (Lipinski definition) is 4. The summed E-state index contributed by atoms with van der Waals surface area (Å²) in [5, 5.41) is 11.0. The van der Waals surface area contributed by atoms with Gasteiger partial charge in [0.25, 0.3) is 0 Å². The molecule has 0 heterocycles. The van der Waals surface area contributed by atoms with E-state index in [-0.39, 0.29) is 24.5 Å². The molecule has 0 fully saturated rings. The van der Waals surface area contributed by atoms with Crippen molar-refractivity contribution in [1.29, 1.82) is 0 Å². The first-order chi connectivity index (χ1) is 20.0. The Morgan fingerprint density at radius 3 is 1.78 bits per heavy atom. The van der Waals surface area contributed by atoms with Crippen molar-refractivity contribution in [2.45, 2.75) is 174 Å². The van der Waals surface area contributed by atoms with Crippen LogP contribution in [0.4, 0.5) is 0 Å². The Morgan fingerprint density at radius 1 is 0.659 bits per heavy atom. The molecule has 0 saturated heterocycles. The minimum absolute atomic E-state index is 0.101. The van der Waals surface area contributed by atoms with Crippen LogP contribution in [0, 0.1) is 0 Å². The molecular formula is C35H63NO5. The molecule has 1 amide bonds. The first-order valence-electron chi connectivity index (χ1n) is 17.0. The van der Waals surface area contributed by atoms with Crippen LogP contribution in [0.2, 0.25) is 0 Å². The number of hydrogen-bond donors (Lipinski definition) is 2. The summed E-state index contributed by atoms with van der Waals surface area (Å²) in [5.74, 6) is -1.35. The molecule has 0 bridgehead atoms. The number of esters is 1. The highest BCUT2D eigenvalue weighted by Gasteiger charge is 2.11. The van der Waals surface area contributed by atoms with Gasteiger partial charge in [-0.15, -0.1) is 0 Å². The van der Waals surface area contributed by atoms with Crippen molar-refractivity contribution in [2.75, 3.05) is 6.54 Å². The van der Waals surface area contributed by atoms with E-state index in [0.29, 0.717) is 12.8 Å². The van der Waals surface area contributed by atoms with E-state index in [1.165, 1.54) is 83.5 Å². The van der Waals surface area contributed by atoms with Gasteiger partial charge in [0, 0.05) is 12.8 Å². The van der Waals surface area contributed by atoms with Crippen molar-refractivity contribution in [3.05, 3.63) is 24.3 Å². The van der Waals surface area contributed by atoms with E-state index in [1.807, 2.05) is 6.08 Å². The molecule has 0 rings (SSSR count). The van der Waals surface area contributed by atoms with Gasteiger partial charge in [-0.3, -0.25) is 14.4 Å². The first-order valence-corrected chi connectivity index (χ1v) is 17.0. The SMILES string of the molecule is CCCC/C=C\C/C=C\C(CCCCCCC(=O)NCC(=O)O)OC(=O)CCCCCCCCCCCCCCC. The maximum Gasteiger partial charge on any atom is 0.322 e. The van der Waals surface area contributed by atoms with Gasteiger partial charge in [0.15, 0.2) is 0 Å². The van der Waals surface area contributed by atoms with E-state index in [2.05, 4.69) is 37.4 Å². The number of amides is 1. The van der Waals surface area contributed by atoms with Gasteiger partial charge in [-0.1, -0.05) is 135 Å². The number of nitrogens with one attached hydrogen (secondary N) is 1. The van der Waals surface area contributed by atoms with Gasteiger partial charge in [-0.25, -0.2) is 0 Å². The van der Waals surface area contributed by atoms with Crippen molar-refractivity contribution in [3.63, 3.8) is 0 Å². The lowest BCUT2D eigenvalue weighted by Gasteiger charge is -2.14. The molecule has 6 nitrogen and oxygen atoms in total. The monoisotopic (exact) mass is 577 g/mol. The molecule has 0 aliphatic carbocycles. The molecule has 0 aliphatic rings. The Hall–Kier alpha value is -2.11. The summed E-state index contributed by atoms with van der Waals surface area (Å²) in [6.07, 6.45) is 34.5. The second-order valence-corrected chi connectivity index (χ2v) is 11.4. The molecule has 0 aliphatic heterocycles. The van der Waals surface area contributed by atoms with Crippen LogP contribution in [-0.2, 0) is 19.1 Å². The Labute approximate surface area is 252 Å². The van der Waals surface area contributed by atoms with E-state index in [4.69, 9.17) is 9.84 Å². The van der Waals surface area contributed by atoms with E-state index in [9.17, 15) is 14.4 Å². The molecule has 41 heavy (non-hydrogen) atoms. The maximum atomic E-state index is 12.5. The third kappa shape index (κ3) is 30.7. The van der Waals surface area contributed by atoms with Crippen LogP contribution in [0.15, 0.2) is 24.3 Å². The summed E-state index contributed by atoms with van der Waals surface area (Å²) in [7, 11) is 0. The zero-order valence-electron chi connectivity index (χ0n) is 26.6. The van der Waals surface area contributed by atoms with Gasteiger partial charge in [0.2, 0.25) is 5.91 Å². The van der Waals surface area contributed by atoms with Crippen molar-refractivity contribution >= 4 is 17.8 Å². The molecule has 0 spiro atoms. The van der Waals surface area contributed by atoms with Gasteiger partial charge in [-0.2, -0.15) is 0 Å². The van der Waals surface area contributed by atoms with Crippen LogP contribution < -0.4 is 5.32 Å². The highest BCUT2D eigenvalue weighted by Crippen LogP contribution is 2.15. The van der Waals surface area contributed by atoms with E-state index < -0.39 is 5.97 Å². The van der Waals surface area contributed by atoms with Gasteiger partial charge >= 0.3 is 11.9 Å². The fraction of sp³-hybridized carbons (Fsp3) is 0.800. The molecule has 1 atom stereocenters. The predicted molar refractivity (Wildman–Crippen MR) is 171 cm³/mol. The largest absolute Gasteiger partial charge is 0.480 e. The zero-order chi connectivity index (χ0) is 30.2. The standard InChI is InChI=1S/C35H63NO5/c1-3-5-7-9-11-12-13-14-15-16-18-20-26-30-35(40)41-32(27-23-19-17-10-8-6-4-2)28-24-21-22-25-29-33(37)36-31-34(38)39/h10,17,23,27,32H,3-9,11-16,18-22,24-26,28-31H2,1-2H3,(H,36,37)(H,38,39)/b17-10-,27-23-. The Bertz CT molecular complexity index is 688. The lowest BCUT2D eigenvalue weighted by atomic mass is 10.0. The molecule has 0 aromatic rings. The highest BCUT2D eigenvalue weighted by atomic mass is 16.5. The Kier molecular flexibility index (Phi) is 29.3. The minimum atomic E-state index is -1.03. The predicted octanol–water partition coefficient (Wildman–Crippen LogP) is 9.61. The van der Waals surface area contributed by atoms with Crippen molar-refractivity contribution in [1.82, 2.24) is 5.32 Å². The second kappa shape index (κ2) is 30.8. The first kappa shape index (κ1) is 38.9. The van der Waals surface area contributed by atoms with Gasteiger partial charge in [-0.05, 0) is 44.6 Å². The summed E-state index contributed by atoms with van der Waals surface area (Å²) in [6.45, 7) is 4.13. The topological polar surface area (TPSA) is 92.7 Å². The summed E-state index contributed by atoms with van der Waals surface area (Å²) in [5.41, 5.74) is 0. The molecule has 6 heteroatoms. The number of allylic oxidation sites excluding steroid dienone is 3. The number of carbonyl (C=O) groups is 3. The number of rotatable bonds is 30. The minimum Gasteiger partial charge on any atom is -0.480 e. The molecule has 0 aromatic heterocycles. The Balaban J connectivity index is 4.15. The summed E-state index contributed by atoms with van der Waals surface area (Å²) in [6, 6.07) is 0. The van der Waals surface area contributed by atoms with Crippen molar-refractivity contribution in [2.24, 2.45) is 0 Å². The summed E-state index contributed by atoms with van der Waals surface area (Å²) < 4.78 is 5.83. The lowest BCUT2D eigenvalue weighted by Crippen LogP contribution is -2.28. The summed E-state index contributed by atoms with van der Waals surface area (Å²) >= 11 is 0. The Morgan fingerprint density at radius 2 is 1.20 bits per heavy atom. The van der Waals surface area contributed by atoms with Crippen LogP contribution in [0.1, 0.15) is 168 Å². The number of carboxylic acid groups (broad SMARTS) is 1. The third-order valence-electron chi connectivity index (χ3n) is 7.36. The molecule has 2 N–H and O–H groups in total. The van der Waals surface area contributed by atoms with Gasteiger partial charge in [0.05, 0.1) is 0 Å². The molecule has 0 aromatic carbocycles. The number of carbonyl (C=O) groups excluding carboxylic acids is 2. The van der Waals surface area contributed by atoms with Crippen LogP contribution in [-0.4, -0.2) is 35.6 Å². The fourth-order valence-corrected chi connectivity index (χ4v) is 4.80. The fourth-order valence-electron chi connectivity index (χ4n) is 4.80. The molecule has 238 valence electrons. The van der Waals surface area contributed by atoms with Crippen molar-refractivity contribution in [3.8, 4) is 0 Å². The van der Waals surface area contributed by atoms with Crippen LogP contribution >= 0.6 is 0 Å². The lowest BCUT2D eigenvalue weighted by molar-refractivity contribution is -0.147. The average Bonchev–Trinajstić information content (AvgIpc) is 2.95. The van der Waals surface area contributed by atoms with Gasteiger partial charge in [0.1, 0.15) is 12.6 Å². The number of carboxylic acids is 1. The molecule has 0 radical (unpaired) electrons. The zero-order valence-corrected chi connectivity index (χ0v) is 26.6. The maximum absolute atomic E-state index is 12.5. The number of aliphatic carboxylic acids is 1. The normalized spacial score (nSPS) is 12.2. The van der Waals surface area contributed by atoms with Crippen LogP contribution in [0.5, 0.6) is 0 Å². The van der Waals surface area contributed by atoms with Gasteiger partial charge < -0.3 is 15.2 Å². The van der Waals surface area contributed by atoms with Crippen LogP contribution in [0.3, 0.4) is 0 Å².